The quantitative estimate of drug-likeness (QED) is 0.420. The van der Waals surface area contributed by atoms with Crippen molar-refractivity contribution in [2.45, 2.75) is 0 Å². The Morgan fingerprint density at radius 3 is 2.62 bits per heavy atom. The summed E-state index contributed by atoms with van der Waals surface area (Å²) in [5.41, 5.74) is 1.29. The minimum absolute atomic E-state index is 0.0698. The number of likely N-dealkylation sites (N-methyl/N-ethyl adjacent to an activating group) is 1. The van der Waals surface area contributed by atoms with E-state index in [2.05, 4.69) is 15.0 Å². The molecular formula is C23H18ClFN4O3. The Morgan fingerprint density at radius 1 is 1.09 bits per heavy atom. The Balaban J connectivity index is 1.77. The van der Waals surface area contributed by atoms with Crippen molar-refractivity contribution >= 4 is 28.4 Å². The molecule has 4 rings (SSSR count). The third kappa shape index (κ3) is 4.76. The van der Waals surface area contributed by atoms with Crippen LogP contribution in [0.25, 0.3) is 22.3 Å². The molecule has 0 saturated carbocycles. The SMILES string of the molecule is CN(C)C(=O)COc1ccc2nc(-c3cccnc3)nc(Oc3ccc(F)c(Cl)c3)c2c1. The zero-order valence-electron chi connectivity index (χ0n) is 17.3. The number of pyridine rings is 1. The number of nitrogens with zero attached hydrogens (tertiary/aromatic N) is 4. The van der Waals surface area contributed by atoms with Gasteiger partial charge < -0.3 is 14.4 Å². The highest BCUT2D eigenvalue weighted by Gasteiger charge is 2.14. The van der Waals surface area contributed by atoms with Crippen LogP contribution in [-0.4, -0.2) is 46.5 Å². The Morgan fingerprint density at radius 2 is 1.91 bits per heavy atom. The number of aromatic nitrogens is 3. The Bertz CT molecular complexity index is 1290. The molecular weight excluding hydrogens is 435 g/mol. The van der Waals surface area contributed by atoms with Crippen molar-refractivity contribution in [1.82, 2.24) is 19.9 Å². The van der Waals surface area contributed by atoms with Crippen LogP contribution in [-0.2, 0) is 4.79 Å². The second-order valence-corrected chi connectivity index (χ2v) is 7.44. The summed E-state index contributed by atoms with van der Waals surface area (Å²) in [5, 5.41) is 0.479. The van der Waals surface area contributed by atoms with Crippen LogP contribution in [0.15, 0.2) is 60.9 Å². The Hall–Kier alpha value is -3.78. The normalized spacial score (nSPS) is 10.8. The average Bonchev–Trinajstić information content (AvgIpc) is 2.80. The first-order valence-electron chi connectivity index (χ1n) is 9.59. The Kier molecular flexibility index (Phi) is 6.13. The fraction of sp³-hybridized carbons (Fsp3) is 0.130. The maximum absolute atomic E-state index is 13.6. The molecule has 0 saturated heterocycles. The summed E-state index contributed by atoms with van der Waals surface area (Å²) in [6, 6.07) is 12.8. The van der Waals surface area contributed by atoms with Crippen molar-refractivity contribution < 1.29 is 18.7 Å². The van der Waals surface area contributed by atoms with E-state index in [0.29, 0.717) is 33.8 Å². The maximum Gasteiger partial charge on any atom is 0.259 e. The second kappa shape index (κ2) is 9.15. The fourth-order valence-electron chi connectivity index (χ4n) is 2.80. The number of rotatable bonds is 6. The lowest BCUT2D eigenvalue weighted by Gasteiger charge is -2.13. The first-order valence-corrected chi connectivity index (χ1v) is 9.96. The third-order valence-corrected chi connectivity index (χ3v) is 4.81. The van der Waals surface area contributed by atoms with Gasteiger partial charge in [0.25, 0.3) is 5.91 Å². The molecule has 0 aliphatic rings. The highest BCUT2D eigenvalue weighted by atomic mass is 35.5. The van der Waals surface area contributed by atoms with Crippen molar-refractivity contribution in [2.75, 3.05) is 20.7 Å². The molecule has 32 heavy (non-hydrogen) atoms. The van der Waals surface area contributed by atoms with Crippen LogP contribution in [0.5, 0.6) is 17.4 Å². The van der Waals surface area contributed by atoms with Gasteiger partial charge in [-0.2, -0.15) is 4.98 Å². The van der Waals surface area contributed by atoms with E-state index in [4.69, 9.17) is 21.1 Å². The smallest absolute Gasteiger partial charge is 0.259 e. The van der Waals surface area contributed by atoms with Gasteiger partial charge in [-0.25, -0.2) is 9.37 Å². The van der Waals surface area contributed by atoms with Crippen molar-refractivity contribution in [3.05, 3.63) is 71.8 Å². The van der Waals surface area contributed by atoms with Gasteiger partial charge in [-0.1, -0.05) is 11.6 Å². The van der Waals surface area contributed by atoms with Gasteiger partial charge in [0.1, 0.15) is 17.3 Å². The lowest BCUT2D eigenvalue weighted by atomic mass is 10.2. The molecule has 0 unspecified atom stereocenters. The largest absolute Gasteiger partial charge is 0.484 e. The van der Waals surface area contributed by atoms with E-state index in [1.807, 2.05) is 6.07 Å². The predicted molar refractivity (Wildman–Crippen MR) is 118 cm³/mol. The Labute approximate surface area is 188 Å². The van der Waals surface area contributed by atoms with Gasteiger partial charge in [-0.15, -0.1) is 0 Å². The van der Waals surface area contributed by atoms with Crippen LogP contribution in [0.4, 0.5) is 4.39 Å². The monoisotopic (exact) mass is 452 g/mol. The topological polar surface area (TPSA) is 77.4 Å². The van der Waals surface area contributed by atoms with E-state index < -0.39 is 5.82 Å². The summed E-state index contributed by atoms with van der Waals surface area (Å²) >= 11 is 5.90. The predicted octanol–water partition coefficient (Wildman–Crippen LogP) is 4.74. The summed E-state index contributed by atoms with van der Waals surface area (Å²) in [6.45, 7) is -0.114. The van der Waals surface area contributed by atoms with E-state index in [1.54, 1.807) is 50.8 Å². The number of ether oxygens (including phenoxy) is 2. The summed E-state index contributed by atoms with van der Waals surface area (Å²) in [5.74, 6) is 0.663. The zero-order chi connectivity index (χ0) is 22.7. The number of hydrogen-bond acceptors (Lipinski definition) is 6. The van der Waals surface area contributed by atoms with E-state index in [0.717, 1.165) is 0 Å². The number of hydrogen-bond donors (Lipinski definition) is 0. The molecule has 162 valence electrons. The van der Waals surface area contributed by atoms with Gasteiger partial charge in [0, 0.05) is 38.1 Å². The molecule has 9 heteroatoms. The van der Waals surface area contributed by atoms with Crippen LogP contribution >= 0.6 is 11.6 Å². The zero-order valence-corrected chi connectivity index (χ0v) is 18.0. The lowest BCUT2D eigenvalue weighted by Crippen LogP contribution is -2.27. The average molecular weight is 453 g/mol. The van der Waals surface area contributed by atoms with Crippen molar-refractivity contribution in [1.29, 1.82) is 0 Å². The van der Waals surface area contributed by atoms with E-state index >= 15 is 0 Å². The van der Waals surface area contributed by atoms with Crippen LogP contribution in [0.3, 0.4) is 0 Å². The molecule has 0 atom stereocenters. The third-order valence-electron chi connectivity index (χ3n) is 4.52. The van der Waals surface area contributed by atoms with Gasteiger partial charge in [-0.3, -0.25) is 9.78 Å². The van der Waals surface area contributed by atoms with Gasteiger partial charge >= 0.3 is 0 Å². The molecule has 2 heterocycles. The molecule has 2 aromatic heterocycles. The number of fused-ring (bicyclic) bond motifs is 1. The number of amides is 1. The molecule has 0 bridgehead atoms. The standard InChI is InChI=1S/C23H18ClFN4O3/c1-29(2)21(30)13-31-15-6-8-20-17(10-15)23(32-16-5-7-19(25)18(24)11-16)28-22(27-20)14-4-3-9-26-12-14/h3-12H,13H2,1-2H3. The van der Waals surface area contributed by atoms with E-state index in [-0.39, 0.29) is 23.4 Å². The number of carbonyl (C=O) groups excluding carboxylic acids is 1. The molecule has 0 radical (unpaired) electrons. The summed E-state index contributed by atoms with van der Waals surface area (Å²) in [4.78, 5) is 26.5. The van der Waals surface area contributed by atoms with Crippen LogP contribution in [0, 0.1) is 5.82 Å². The number of halogens is 2. The van der Waals surface area contributed by atoms with Crippen molar-refractivity contribution in [3.63, 3.8) is 0 Å². The molecule has 0 spiro atoms. The molecule has 4 aromatic rings. The second-order valence-electron chi connectivity index (χ2n) is 7.03. The summed E-state index contributed by atoms with van der Waals surface area (Å²) in [6.07, 6.45) is 3.30. The number of benzene rings is 2. The first kappa shape index (κ1) is 21.5. The highest BCUT2D eigenvalue weighted by molar-refractivity contribution is 6.30. The highest BCUT2D eigenvalue weighted by Crippen LogP contribution is 2.33. The van der Waals surface area contributed by atoms with E-state index in [1.165, 1.54) is 23.1 Å². The minimum atomic E-state index is -0.552. The van der Waals surface area contributed by atoms with Gasteiger partial charge in [-0.05, 0) is 42.5 Å². The van der Waals surface area contributed by atoms with Gasteiger partial charge in [0.05, 0.1) is 15.9 Å². The maximum atomic E-state index is 13.6. The van der Waals surface area contributed by atoms with Gasteiger partial charge in [0.2, 0.25) is 5.88 Å². The van der Waals surface area contributed by atoms with Crippen LogP contribution in [0.1, 0.15) is 0 Å². The van der Waals surface area contributed by atoms with Crippen LogP contribution in [0.2, 0.25) is 5.02 Å². The van der Waals surface area contributed by atoms with Crippen molar-refractivity contribution in [2.24, 2.45) is 0 Å². The molecule has 0 aliphatic heterocycles. The summed E-state index contributed by atoms with van der Waals surface area (Å²) < 4.78 is 25.1. The molecule has 0 aliphatic carbocycles. The van der Waals surface area contributed by atoms with Crippen LogP contribution < -0.4 is 9.47 Å². The van der Waals surface area contributed by atoms with E-state index in [9.17, 15) is 9.18 Å². The molecule has 1 amide bonds. The molecule has 0 fully saturated rings. The lowest BCUT2D eigenvalue weighted by molar-refractivity contribution is -0.130. The molecule has 0 N–H and O–H groups in total. The minimum Gasteiger partial charge on any atom is -0.484 e. The number of carbonyl (C=O) groups is 1. The molecule has 7 nitrogen and oxygen atoms in total. The fourth-order valence-corrected chi connectivity index (χ4v) is 2.97. The van der Waals surface area contributed by atoms with Crippen molar-refractivity contribution in [3.8, 4) is 28.8 Å². The first-order chi connectivity index (χ1) is 15.4. The van der Waals surface area contributed by atoms with Gasteiger partial charge in [0.15, 0.2) is 12.4 Å². The summed E-state index contributed by atoms with van der Waals surface area (Å²) in [7, 11) is 3.30. The molecule has 2 aromatic carbocycles.